The first kappa shape index (κ1) is 8.82. The van der Waals surface area contributed by atoms with Crippen molar-refractivity contribution in [3.05, 3.63) is 28.3 Å². The van der Waals surface area contributed by atoms with Crippen molar-refractivity contribution in [3.63, 3.8) is 0 Å². The summed E-state index contributed by atoms with van der Waals surface area (Å²) in [6, 6.07) is 3.64. The summed E-state index contributed by atoms with van der Waals surface area (Å²) < 4.78 is 8.55. The van der Waals surface area contributed by atoms with E-state index in [2.05, 4.69) is 0 Å². The van der Waals surface area contributed by atoms with Crippen LogP contribution in [0.1, 0.15) is 0 Å². The Morgan fingerprint density at radius 2 is 2.17 bits per heavy atom. The molecule has 0 aliphatic carbocycles. The molecule has 0 saturated heterocycles. The van der Waals surface area contributed by atoms with Gasteiger partial charge in [-0.05, 0) is 12.1 Å². The van der Waals surface area contributed by atoms with Gasteiger partial charge in [-0.2, -0.15) is 0 Å². The molecule has 0 aliphatic rings. The highest BCUT2D eigenvalue weighted by atomic mass is 32.2. The van der Waals surface area contributed by atoms with Gasteiger partial charge >= 0.3 is 5.69 Å². The zero-order valence-corrected chi connectivity index (χ0v) is 6.61. The molecule has 1 aromatic carbocycles. The largest absolute Gasteiger partial charge is 0.502 e. The van der Waals surface area contributed by atoms with Crippen LogP contribution in [0.3, 0.4) is 0 Å². The fourth-order valence-electron chi connectivity index (χ4n) is 0.706. The molecule has 1 rings (SSSR count). The molecule has 12 heavy (non-hydrogen) atoms. The number of nitro benzene ring substituents is 1. The van der Waals surface area contributed by atoms with Crippen LogP contribution in [0.2, 0.25) is 0 Å². The van der Waals surface area contributed by atoms with Gasteiger partial charge in [0.05, 0.1) is 4.92 Å². The molecule has 0 aliphatic heterocycles. The topological polar surface area (TPSA) is 83.6 Å². The Kier molecular flexibility index (Phi) is 2.51. The lowest BCUT2D eigenvalue weighted by molar-refractivity contribution is -0.386. The molecule has 0 heterocycles. The number of hydrogen-bond acceptors (Lipinski definition) is 5. The van der Waals surface area contributed by atoms with E-state index >= 15 is 0 Å². The van der Waals surface area contributed by atoms with Crippen molar-refractivity contribution in [2.24, 2.45) is 0 Å². The van der Waals surface area contributed by atoms with Crippen LogP contribution < -0.4 is 0 Å². The van der Waals surface area contributed by atoms with E-state index in [1.807, 2.05) is 0 Å². The molecule has 0 spiro atoms. The molecule has 0 unspecified atom stereocenters. The van der Waals surface area contributed by atoms with Crippen molar-refractivity contribution in [1.29, 1.82) is 0 Å². The highest BCUT2D eigenvalue weighted by molar-refractivity contribution is 7.93. The quantitative estimate of drug-likeness (QED) is 0.419. The number of benzene rings is 1. The predicted molar refractivity (Wildman–Crippen MR) is 43.2 cm³/mol. The second-order valence-corrected chi connectivity index (χ2v) is 2.65. The maximum absolute atomic E-state index is 10.2. The van der Waals surface area contributed by atoms with E-state index in [-0.39, 0.29) is 0 Å². The summed E-state index contributed by atoms with van der Waals surface area (Å²) in [5.41, 5.74) is -0.408. The van der Waals surface area contributed by atoms with Crippen molar-refractivity contribution >= 4 is 17.7 Å². The zero-order valence-electron chi connectivity index (χ0n) is 5.80. The molecule has 0 bridgehead atoms. The number of aromatic hydroxyl groups is 1. The Balaban J connectivity index is 3.17. The first-order valence-electron chi connectivity index (χ1n) is 2.94. The van der Waals surface area contributed by atoms with Gasteiger partial charge in [-0.25, -0.2) is 0 Å². The molecule has 2 N–H and O–H groups in total. The van der Waals surface area contributed by atoms with Gasteiger partial charge < -0.3 is 9.66 Å². The lowest BCUT2D eigenvalue weighted by Crippen LogP contribution is -1.88. The van der Waals surface area contributed by atoms with Crippen molar-refractivity contribution in [2.75, 3.05) is 0 Å². The van der Waals surface area contributed by atoms with E-state index in [1.165, 1.54) is 6.07 Å². The maximum Gasteiger partial charge on any atom is 0.311 e. The number of nitrogens with zero attached hydrogens (tertiary/aromatic N) is 1. The van der Waals surface area contributed by atoms with Crippen LogP contribution in [0.4, 0.5) is 5.69 Å². The third-order valence-electron chi connectivity index (χ3n) is 1.25. The van der Waals surface area contributed by atoms with Crippen LogP contribution in [0.15, 0.2) is 23.1 Å². The van der Waals surface area contributed by atoms with Crippen LogP contribution in [0.25, 0.3) is 0 Å². The minimum Gasteiger partial charge on any atom is -0.502 e. The highest BCUT2D eigenvalue weighted by Crippen LogP contribution is 2.29. The second kappa shape index (κ2) is 3.42. The fraction of sp³-hybridized carbons (Fsp3) is 0. The van der Waals surface area contributed by atoms with Crippen molar-refractivity contribution in [2.45, 2.75) is 4.90 Å². The summed E-state index contributed by atoms with van der Waals surface area (Å²) in [6.45, 7) is 0. The highest BCUT2D eigenvalue weighted by Gasteiger charge is 2.13. The smallest absolute Gasteiger partial charge is 0.311 e. The summed E-state index contributed by atoms with van der Waals surface area (Å²) in [5.74, 6) is -0.405. The summed E-state index contributed by atoms with van der Waals surface area (Å²) in [7, 11) is 0. The SMILES string of the molecule is O=[N+]([O-])c1cc(SO)ccc1O. The summed E-state index contributed by atoms with van der Waals surface area (Å²) in [4.78, 5) is 9.85. The van der Waals surface area contributed by atoms with Crippen LogP contribution >= 0.6 is 12.0 Å². The Bertz CT molecular complexity index is 314. The Morgan fingerprint density at radius 1 is 1.50 bits per heavy atom. The van der Waals surface area contributed by atoms with E-state index in [4.69, 9.17) is 9.66 Å². The van der Waals surface area contributed by atoms with Gasteiger partial charge in [-0.1, -0.05) is 0 Å². The normalized spacial score (nSPS) is 9.75. The molecule has 0 amide bonds. The standard InChI is InChI=1S/C6H5NO4S/c8-6-2-1-4(12-11)3-5(6)7(9)10/h1-3,8,11H. The lowest BCUT2D eigenvalue weighted by Gasteiger charge is -1.96. The van der Waals surface area contributed by atoms with Crippen LogP contribution in [-0.4, -0.2) is 14.6 Å². The van der Waals surface area contributed by atoms with E-state index < -0.39 is 16.4 Å². The molecule has 64 valence electrons. The fourth-order valence-corrected chi connectivity index (χ4v) is 1.000. The first-order chi connectivity index (χ1) is 5.65. The molecule has 0 saturated carbocycles. The summed E-state index contributed by atoms with van der Waals surface area (Å²) >= 11 is 0.394. The minimum absolute atomic E-state index is 0.319. The number of rotatable bonds is 2. The maximum atomic E-state index is 10.2. The number of phenolic OH excluding ortho intramolecular Hbond substituents is 1. The number of phenols is 1. The average molecular weight is 187 g/mol. The average Bonchev–Trinajstić information content (AvgIpc) is 2.05. The Hall–Kier alpha value is -1.27. The van der Waals surface area contributed by atoms with Gasteiger partial charge in [-0.15, -0.1) is 0 Å². The molecule has 0 atom stereocenters. The van der Waals surface area contributed by atoms with Gasteiger partial charge in [0.1, 0.15) is 0 Å². The summed E-state index contributed by atoms with van der Waals surface area (Å²) in [5, 5.41) is 19.2. The summed E-state index contributed by atoms with van der Waals surface area (Å²) in [6.07, 6.45) is 0. The van der Waals surface area contributed by atoms with Crippen LogP contribution in [0, 0.1) is 10.1 Å². The Labute approximate surface area is 72.0 Å². The lowest BCUT2D eigenvalue weighted by atomic mass is 10.3. The molecule has 6 heteroatoms. The van der Waals surface area contributed by atoms with Crippen molar-refractivity contribution < 1.29 is 14.6 Å². The van der Waals surface area contributed by atoms with E-state index in [0.29, 0.717) is 16.9 Å². The van der Waals surface area contributed by atoms with Gasteiger partial charge in [0.25, 0.3) is 0 Å². The van der Waals surface area contributed by atoms with Gasteiger partial charge in [-0.3, -0.25) is 10.1 Å². The van der Waals surface area contributed by atoms with Gasteiger partial charge in [0.2, 0.25) is 0 Å². The first-order valence-corrected chi connectivity index (χ1v) is 3.71. The molecule has 0 fully saturated rings. The van der Waals surface area contributed by atoms with Gasteiger partial charge in [0, 0.05) is 23.0 Å². The zero-order chi connectivity index (χ0) is 9.14. The van der Waals surface area contributed by atoms with Crippen LogP contribution in [-0.2, 0) is 0 Å². The third kappa shape index (κ3) is 1.66. The minimum atomic E-state index is -0.713. The van der Waals surface area contributed by atoms with Crippen LogP contribution in [0.5, 0.6) is 5.75 Å². The third-order valence-corrected chi connectivity index (χ3v) is 1.71. The number of hydrogen-bond donors (Lipinski definition) is 2. The molecular formula is C6H5NO4S. The van der Waals surface area contributed by atoms with Crippen molar-refractivity contribution in [3.8, 4) is 5.75 Å². The van der Waals surface area contributed by atoms with E-state index in [9.17, 15) is 10.1 Å². The van der Waals surface area contributed by atoms with Gasteiger partial charge in [0.15, 0.2) is 5.75 Å². The monoisotopic (exact) mass is 187 g/mol. The Morgan fingerprint density at radius 3 is 2.67 bits per heavy atom. The van der Waals surface area contributed by atoms with Crippen molar-refractivity contribution in [1.82, 2.24) is 0 Å². The second-order valence-electron chi connectivity index (χ2n) is 2.00. The number of nitro groups is 1. The molecule has 1 aromatic rings. The molecule has 0 radical (unpaired) electrons. The van der Waals surface area contributed by atoms with E-state index in [1.54, 1.807) is 0 Å². The molecule has 5 nitrogen and oxygen atoms in total. The predicted octanol–water partition coefficient (Wildman–Crippen LogP) is 1.87. The molecule has 0 aromatic heterocycles. The molecular weight excluding hydrogens is 182 g/mol. The van der Waals surface area contributed by atoms with E-state index in [0.717, 1.165) is 12.1 Å².